The van der Waals surface area contributed by atoms with E-state index in [0.717, 1.165) is 37.3 Å². The van der Waals surface area contributed by atoms with Crippen LogP contribution in [0.4, 0.5) is 0 Å². The normalized spacial score (nSPS) is 18.4. The molecule has 126 valence electrons. The fraction of sp³-hybridized carbons (Fsp3) is 0.750. The number of carbonyl (C=O) groups excluding carboxylic acids is 1. The smallest absolute Gasteiger partial charge is 0.236 e. The summed E-state index contributed by atoms with van der Waals surface area (Å²) in [5, 5.41) is 18.1. The Kier molecular flexibility index (Phi) is 5.69. The fourth-order valence-electron chi connectivity index (χ4n) is 3.02. The second kappa shape index (κ2) is 7.35. The Morgan fingerprint density at radius 2 is 2.04 bits per heavy atom. The van der Waals surface area contributed by atoms with Gasteiger partial charge in [0.25, 0.3) is 0 Å². The van der Waals surface area contributed by atoms with Crippen molar-refractivity contribution in [1.29, 1.82) is 5.26 Å². The van der Waals surface area contributed by atoms with Crippen molar-refractivity contribution in [3.05, 3.63) is 6.33 Å². The summed E-state index contributed by atoms with van der Waals surface area (Å²) in [5.74, 6) is -0.0169. The van der Waals surface area contributed by atoms with Gasteiger partial charge < -0.3 is 9.47 Å². The molecule has 1 aliphatic carbocycles. The fourth-order valence-corrected chi connectivity index (χ4v) is 4.07. The minimum atomic E-state index is -0.643. The first-order valence-electron chi connectivity index (χ1n) is 8.16. The lowest BCUT2D eigenvalue weighted by Crippen LogP contribution is -2.52. The number of amides is 1. The minimum absolute atomic E-state index is 0.0169. The first-order valence-corrected chi connectivity index (χ1v) is 9.04. The van der Waals surface area contributed by atoms with E-state index in [-0.39, 0.29) is 17.2 Å². The lowest BCUT2D eigenvalue weighted by molar-refractivity contribution is -0.133. The Labute approximate surface area is 142 Å². The van der Waals surface area contributed by atoms with Gasteiger partial charge in [-0.2, -0.15) is 5.26 Å². The zero-order chi connectivity index (χ0) is 17.0. The molecule has 23 heavy (non-hydrogen) atoms. The SMILES string of the molecule is CC(C)n1cnnc1S[C@@H](C)C(=O)N(C)C1(C#N)CCCCC1. The van der Waals surface area contributed by atoms with Crippen LogP contribution in [0.15, 0.2) is 11.5 Å². The van der Waals surface area contributed by atoms with Crippen LogP contribution >= 0.6 is 11.8 Å². The van der Waals surface area contributed by atoms with Gasteiger partial charge in [0.2, 0.25) is 5.91 Å². The van der Waals surface area contributed by atoms with Gasteiger partial charge >= 0.3 is 0 Å². The molecule has 1 aliphatic rings. The van der Waals surface area contributed by atoms with E-state index in [1.54, 1.807) is 18.3 Å². The summed E-state index contributed by atoms with van der Waals surface area (Å²) in [6.07, 6.45) is 6.39. The molecule has 0 N–H and O–H groups in total. The van der Waals surface area contributed by atoms with Crippen molar-refractivity contribution in [2.75, 3.05) is 7.05 Å². The quantitative estimate of drug-likeness (QED) is 0.773. The van der Waals surface area contributed by atoms with Crippen molar-refractivity contribution >= 4 is 17.7 Å². The lowest BCUT2D eigenvalue weighted by Gasteiger charge is -2.40. The average Bonchev–Trinajstić information content (AvgIpc) is 3.02. The molecule has 2 rings (SSSR count). The summed E-state index contributed by atoms with van der Waals surface area (Å²) >= 11 is 1.40. The first-order chi connectivity index (χ1) is 10.9. The highest BCUT2D eigenvalue weighted by atomic mass is 32.2. The number of nitriles is 1. The van der Waals surface area contributed by atoms with Crippen LogP contribution in [0.2, 0.25) is 0 Å². The van der Waals surface area contributed by atoms with Gasteiger partial charge in [-0.15, -0.1) is 10.2 Å². The topological polar surface area (TPSA) is 74.8 Å². The van der Waals surface area contributed by atoms with Crippen molar-refractivity contribution in [2.24, 2.45) is 0 Å². The summed E-state index contributed by atoms with van der Waals surface area (Å²) in [7, 11) is 1.76. The minimum Gasteiger partial charge on any atom is -0.326 e. The average molecular weight is 335 g/mol. The van der Waals surface area contributed by atoms with Gasteiger partial charge in [-0.1, -0.05) is 31.0 Å². The molecule has 1 fully saturated rings. The summed E-state index contributed by atoms with van der Waals surface area (Å²) in [4.78, 5) is 14.5. The molecule has 0 radical (unpaired) electrons. The van der Waals surface area contributed by atoms with Gasteiger partial charge in [-0.3, -0.25) is 4.79 Å². The van der Waals surface area contributed by atoms with Gasteiger partial charge in [0.15, 0.2) is 5.16 Å². The van der Waals surface area contributed by atoms with Crippen LogP contribution in [0.5, 0.6) is 0 Å². The van der Waals surface area contributed by atoms with Crippen molar-refractivity contribution in [2.45, 2.75) is 74.9 Å². The number of thioether (sulfide) groups is 1. The summed E-state index contributed by atoms with van der Waals surface area (Å²) in [6.45, 7) is 5.98. The van der Waals surface area contributed by atoms with Gasteiger partial charge in [0.05, 0.1) is 11.3 Å². The molecular formula is C16H25N5OS. The number of carbonyl (C=O) groups is 1. The molecule has 0 bridgehead atoms. The van der Waals surface area contributed by atoms with Crippen LogP contribution in [-0.4, -0.2) is 43.4 Å². The maximum Gasteiger partial charge on any atom is 0.236 e. The van der Waals surface area contributed by atoms with Crippen molar-refractivity contribution in [3.63, 3.8) is 0 Å². The molecule has 1 atom stereocenters. The molecule has 1 amide bonds. The lowest BCUT2D eigenvalue weighted by atomic mass is 9.81. The van der Waals surface area contributed by atoms with Crippen LogP contribution < -0.4 is 0 Å². The molecule has 0 spiro atoms. The van der Waals surface area contributed by atoms with E-state index >= 15 is 0 Å². The van der Waals surface area contributed by atoms with Gasteiger partial charge in [-0.25, -0.2) is 0 Å². The molecule has 1 aromatic rings. The second-order valence-corrected chi connectivity index (χ2v) is 7.78. The Morgan fingerprint density at radius 1 is 1.39 bits per heavy atom. The maximum absolute atomic E-state index is 12.8. The monoisotopic (exact) mass is 335 g/mol. The molecule has 6 nitrogen and oxygen atoms in total. The third kappa shape index (κ3) is 3.69. The predicted molar refractivity (Wildman–Crippen MR) is 89.9 cm³/mol. The second-order valence-electron chi connectivity index (χ2n) is 6.48. The first kappa shape index (κ1) is 17.8. The number of nitrogens with zero attached hydrogens (tertiary/aromatic N) is 5. The zero-order valence-corrected chi connectivity index (χ0v) is 15.1. The summed E-state index contributed by atoms with van der Waals surface area (Å²) in [5.41, 5.74) is -0.643. The third-order valence-corrected chi connectivity index (χ3v) is 5.65. The summed E-state index contributed by atoms with van der Waals surface area (Å²) < 4.78 is 1.95. The molecule has 0 aromatic carbocycles. The maximum atomic E-state index is 12.8. The molecule has 0 aliphatic heterocycles. The molecule has 1 aromatic heterocycles. The molecule has 7 heteroatoms. The number of rotatable bonds is 5. The van der Waals surface area contributed by atoms with Crippen LogP contribution in [0.3, 0.4) is 0 Å². The largest absolute Gasteiger partial charge is 0.326 e. The van der Waals surface area contributed by atoms with E-state index in [9.17, 15) is 10.1 Å². The van der Waals surface area contributed by atoms with E-state index in [0.29, 0.717) is 0 Å². The van der Waals surface area contributed by atoms with Crippen LogP contribution in [0, 0.1) is 11.3 Å². The van der Waals surface area contributed by atoms with E-state index in [1.165, 1.54) is 11.8 Å². The van der Waals surface area contributed by atoms with E-state index in [4.69, 9.17) is 0 Å². The Morgan fingerprint density at radius 3 is 2.61 bits per heavy atom. The molecular weight excluding hydrogens is 310 g/mol. The molecule has 0 saturated heterocycles. The third-order valence-electron chi connectivity index (χ3n) is 4.59. The molecule has 0 unspecified atom stereocenters. The van der Waals surface area contributed by atoms with Gasteiger partial charge in [-0.05, 0) is 33.6 Å². The van der Waals surface area contributed by atoms with E-state index in [2.05, 4.69) is 30.1 Å². The standard InChI is InChI=1S/C16H25N5OS/c1-12(2)21-11-18-19-15(21)23-13(3)14(22)20(4)16(10-17)8-6-5-7-9-16/h11-13H,5-9H2,1-4H3/t13-/m0/s1. The predicted octanol–water partition coefficient (Wildman–Crippen LogP) is 3.02. The zero-order valence-electron chi connectivity index (χ0n) is 14.3. The number of aromatic nitrogens is 3. The van der Waals surface area contributed by atoms with Crippen LogP contribution in [0.1, 0.15) is 58.9 Å². The van der Waals surface area contributed by atoms with Crippen molar-refractivity contribution in [1.82, 2.24) is 19.7 Å². The van der Waals surface area contributed by atoms with E-state index < -0.39 is 5.54 Å². The van der Waals surface area contributed by atoms with Crippen LogP contribution in [0.25, 0.3) is 0 Å². The molecule has 1 saturated carbocycles. The highest BCUT2D eigenvalue weighted by molar-refractivity contribution is 8.00. The van der Waals surface area contributed by atoms with Gasteiger partial charge in [0, 0.05) is 13.1 Å². The Hall–Kier alpha value is -1.55. The Balaban J connectivity index is 2.09. The number of hydrogen-bond donors (Lipinski definition) is 0. The van der Waals surface area contributed by atoms with E-state index in [1.807, 2.05) is 11.5 Å². The van der Waals surface area contributed by atoms with Crippen molar-refractivity contribution < 1.29 is 4.79 Å². The summed E-state index contributed by atoms with van der Waals surface area (Å²) in [6, 6.07) is 2.65. The molecule has 1 heterocycles. The highest BCUT2D eigenvalue weighted by Gasteiger charge is 2.40. The Bertz CT molecular complexity index is 586. The van der Waals surface area contributed by atoms with Crippen molar-refractivity contribution in [3.8, 4) is 6.07 Å². The van der Waals surface area contributed by atoms with Gasteiger partial charge in [0.1, 0.15) is 11.9 Å². The number of hydrogen-bond acceptors (Lipinski definition) is 5. The highest BCUT2D eigenvalue weighted by Crippen LogP contribution is 2.34. The van der Waals surface area contributed by atoms with Crippen LogP contribution in [-0.2, 0) is 4.79 Å².